The van der Waals surface area contributed by atoms with Crippen molar-refractivity contribution >= 4 is 23.2 Å². The molecule has 2 heterocycles. The molecule has 5 nitrogen and oxygen atoms in total. The van der Waals surface area contributed by atoms with Gasteiger partial charge in [0, 0.05) is 6.07 Å². The number of aromatic carboxylic acids is 1. The summed E-state index contributed by atoms with van der Waals surface area (Å²) < 4.78 is 6.38. The van der Waals surface area contributed by atoms with Crippen LogP contribution in [0.4, 0.5) is 0 Å². The lowest BCUT2D eigenvalue weighted by Gasteiger charge is -2.05. The van der Waals surface area contributed by atoms with E-state index < -0.39 is 5.97 Å². The normalized spacial score (nSPS) is 10.5. The molecule has 0 aliphatic rings. The number of fused-ring (bicyclic) bond motifs is 1. The fraction of sp³-hybridized carbons (Fsp3) is 0.111. The van der Waals surface area contributed by atoms with E-state index in [2.05, 4.69) is 4.98 Å². The highest BCUT2D eigenvalue weighted by molar-refractivity contribution is 6.33. The van der Waals surface area contributed by atoms with Crippen LogP contribution in [-0.4, -0.2) is 27.6 Å². The summed E-state index contributed by atoms with van der Waals surface area (Å²) in [4.78, 5) is 14.8. The van der Waals surface area contributed by atoms with Gasteiger partial charge in [-0.3, -0.25) is 4.40 Å². The van der Waals surface area contributed by atoms with E-state index in [1.807, 2.05) is 0 Å². The third kappa shape index (κ3) is 1.41. The summed E-state index contributed by atoms with van der Waals surface area (Å²) in [6, 6.07) is 3.19. The number of methoxy groups -OCH3 is 1. The van der Waals surface area contributed by atoms with E-state index in [0.717, 1.165) is 0 Å². The summed E-state index contributed by atoms with van der Waals surface area (Å²) in [7, 11) is 1.45. The lowest BCUT2D eigenvalue weighted by molar-refractivity contribution is 0.0688. The van der Waals surface area contributed by atoms with Crippen molar-refractivity contribution in [3.05, 3.63) is 29.0 Å². The second-order valence-corrected chi connectivity index (χ2v) is 3.24. The van der Waals surface area contributed by atoms with E-state index in [-0.39, 0.29) is 5.69 Å². The molecule has 0 saturated heterocycles. The fourth-order valence-electron chi connectivity index (χ4n) is 1.35. The van der Waals surface area contributed by atoms with E-state index in [1.54, 1.807) is 12.1 Å². The summed E-state index contributed by atoms with van der Waals surface area (Å²) >= 11 is 5.87. The SMILES string of the molecule is COc1ccc(Cl)c2ncc(C(=O)O)n12. The van der Waals surface area contributed by atoms with Gasteiger partial charge in [-0.1, -0.05) is 11.6 Å². The molecule has 0 aliphatic carbocycles. The minimum Gasteiger partial charge on any atom is -0.482 e. The van der Waals surface area contributed by atoms with Gasteiger partial charge in [-0.05, 0) is 6.07 Å². The molecule has 0 saturated carbocycles. The number of nitrogens with zero attached hydrogens (tertiary/aromatic N) is 2. The van der Waals surface area contributed by atoms with Gasteiger partial charge >= 0.3 is 5.97 Å². The van der Waals surface area contributed by atoms with Crippen LogP contribution in [0.15, 0.2) is 18.3 Å². The minimum atomic E-state index is -1.08. The Morgan fingerprint density at radius 3 is 2.93 bits per heavy atom. The van der Waals surface area contributed by atoms with Gasteiger partial charge in [0.05, 0.1) is 18.3 Å². The molecule has 2 aromatic rings. The molecule has 1 N–H and O–H groups in total. The number of rotatable bonds is 2. The third-order valence-electron chi connectivity index (χ3n) is 2.00. The van der Waals surface area contributed by atoms with Gasteiger partial charge in [0.15, 0.2) is 17.2 Å². The molecule has 0 radical (unpaired) electrons. The van der Waals surface area contributed by atoms with Crippen LogP contribution in [0.25, 0.3) is 5.65 Å². The maximum atomic E-state index is 10.9. The van der Waals surface area contributed by atoms with Gasteiger partial charge in [-0.15, -0.1) is 0 Å². The van der Waals surface area contributed by atoms with E-state index >= 15 is 0 Å². The highest BCUT2D eigenvalue weighted by Crippen LogP contribution is 2.23. The number of ether oxygens (including phenoxy) is 1. The van der Waals surface area contributed by atoms with Gasteiger partial charge in [0.1, 0.15) is 0 Å². The predicted octanol–water partition coefficient (Wildman–Crippen LogP) is 1.69. The molecule has 0 fully saturated rings. The number of halogens is 1. The van der Waals surface area contributed by atoms with Gasteiger partial charge in [0.2, 0.25) is 0 Å². The van der Waals surface area contributed by atoms with Crippen molar-refractivity contribution in [2.24, 2.45) is 0 Å². The molecule has 0 aliphatic heterocycles. The highest BCUT2D eigenvalue weighted by Gasteiger charge is 2.15. The summed E-state index contributed by atoms with van der Waals surface area (Å²) in [5, 5.41) is 9.30. The van der Waals surface area contributed by atoms with Crippen LogP contribution >= 0.6 is 11.6 Å². The van der Waals surface area contributed by atoms with E-state index in [4.69, 9.17) is 21.4 Å². The van der Waals surface area contributed by atoms with E-state index in [0.29, 0.717) is 16.5 Å². The molecule has 0 amide bonds. The first-order chi connectivity index (χ1) is 7.15. The zero-order valence-corrected chi connectivity index (χ0v) is 8.52. The minimum absolute atomic E-state index is 0.0179. The number of hydrogen-bond donors (Lipinski definition) is 1. The van der Waals surface area contributed by atoms with Crippen molar-refractivity contribution in [1.29, 1.82) is 0 Å². The smallest absolute Gasteiger partial charge is 0.354 e. The Kier molecular flexibility index (Phi) is 2.24. The van der Waals surface area contributed by atoms with Crippen LogP contribution in [0.2, 0.25) is 5.02 Å². The lowest BCUT2D eigenvalue weighted by atomic mass is 10.4. The van der Waals surface area contributed by atoms with Crippen LogP contribution in [0.5, 0.6) is 5.88 Å². The molecule has 0 aromatic carbocycles. The Hall–Kier alpha value is -1.75. The Labute approximate surface area is 89.9 Å². The maximum Gasteiger partial charge on any atom is 0.354 e. The molecule has 6 heteroatoms. The molecule has 2 aromatic heterocycles. The van der Waals surface area contributed by atoms with Gasteiger partial charge < -0.3 is 9.84 Å². The van der Waals surface area contributed by atoms with Gasteiger partial charge in [0.25, 0.3) is 0 Å². The Bertz CT molecular complexity index is 535. The molecule has 0 unspecified atom stereocenters. The summed E-state index contributed by atoms with van der Waals surface area (Å²) in [6.07, 6.45) is 1.24. The Morgan fingerprint density at radius 2 is 2.33 bits per heavy atom. The van der Waals surface area contributed by atoms with Crippen LogP contribution < -0.4 is 4.74 Å². The number of carboxylic acid groups (broad SMARTS) is 1. The largest absolute Gasteiger partial charge is 0.482 e. The predicted molar refractivity (Wildman–Crippen MR) is 53.7 cm³/mol. The molecule has 78 valence electrons. The maximum absolute atomic E-state index is 10.9. The quantitative estimate of drug-likeness (QED) is 0.847. The van der Waals surface area contributed by atoms with Crippen LogP contribution in [0.3, 0.4) is 0 Å². The summed E-state index contributed by atoms with van der Waals surface area (Å²) in [6.45, 7) is 0. The summed E-state index contributed by atoms with van der Waals surface area (Å²) in [5.74, 6) is -0.702. The lowest BCUT2D eigenvalue weighted by Crippen LogP contribution is -2.04. The first kappa shape index (κ1) is 9.79. The van der Waals surface area contributed by atoms with Gasteiger partial charge in [-0.2, -0.15) is 0 Å². The number of carbonyl (C=O) groups is 1. The van der Waals surface area contributed by atoms with Crippen molar-refractivity contribution in [3.8, 4) is 5.88 Å². The molecule has 0 atom stereocenters. The topological polar surface area (TPSA) is 63.8 Å². The fourth-order valence-corrected chi connectivity index (χ4v) is 1.54. The average Bonchev–Trinajstić information content (AvgIpc) is 2.64. The molecule has 0 spiro atoms. The number of carboxylic acids is 1. The molecular formula is C9H7ClN2O3. The number of pyridine rings is 1. The van der Waals surface area contributed by atoms with Crippen LogP contribution in [-0.2, 0) is 0 Å². The average molecular weight is 227 g/mol. The van der Waals surface area contributed by atoms with E-state index in [1.165, 1.54) is 17.7 Å². The van der Waals surface area contributed by atoms with E-state index in [9.17, 15) is 4.79 Å². The first-order valence-electron chi connectivity index (χ1n) is 4.08. The van der Waals surface area contributed by atoms with Crippen LogP contribution in [0, 0.1) is 0 Å². The monoisotopic (exact) mass is 226 g/mol. The third-order valence-corrected chi connectivity index (χ3v) is 2.29. The van der Waals surface area contributed by atoms with Crippen molar-refractivity contribution in [2.75, 3.05) is 7.11 Å². The van der Waals surface area contributed by atoms with Gasteiger partial charge in [-0.25, -0.2) is 9.78 Å². The Balaban J connectivity index is 2.86. The standard InChI is InChI=1S/C9H7ClN2O3/c1-15-7-3-2-5(10)8-11-4-6(9(13)14)12(7)8/h2-4H,1H3,(H,13,14). The second-order valence-electron chi connectivity index (χ2n) is 2.83. The van der Waals surface area contributed by atoms with Crippen molar-refractivity contribution in [2.45, 2.75) is 0 Å². The Morgan fingerprint density at radius 1 is 1.60 bits per heavy atom. The first-order valence-corrected chi connectivity index (χ1v) is 4.46. The molecule has 2 rings (SSSR count). The number of aromatic nitrogens is 2. The zero-order chi connectivity index (χ0) is 11.0. The van der Waals surface area contributed by atoms with Crippen molar-refractivity contribution in [3.63, 3.8) is 0 Å². The summed E-state index contributed by atoms with van der Waals surface area (Å²) in [5.41, 5.74) is 0.387. The van der Waals surface area contributed by atoms with Crippen molar-refractivity contribution in [1.82, 2.24) is 9.38 Å². The van der Waals surface area contributed by atoms with Crippen molar-refractivity contribution < 1.29 is 14.6 Å². The number of imidazole rings is 1. The molecule has 15 heavy (non-hydrogen) atoms. The van der Waals surface area contributed by atoms with Crippen LogP contribution in [0.1, 0.15) is 10.5 Å². The number of hydrogen-bond acceptors (Lipinski definition) is 3. The highest BCUT2D eigenvalue weighted by atomic mass is 35.5. The second kappa shape index (κ2) is 3.43. The molecular weight excluding hydrogens is 220 g/mol. The molecule has 0 bridgehead atoms. The zero-order valence-electron chi connectivity index (χ0n) is 7.77.